The van der Waals surface area contributed by atoms with E-state index < -0.39 is 11.0 Å². The molecule has 0 atom stereocenters. The van der Waals surface area contributed by atoms with Crippen LogP contribution in [0.4, 0.5) is 4.39 Å². The van der Waals surface area contributed by atoms with E-state index in [9.17, 15) is 14.5 Å². The van der Waals surface area contributed by atoms with Gasteiger partial charge in [0.2, 0.25) is 0 Å². The van der Waals surface area contributed by atoms with Crippen LogP contribution in [0.5, 0.6) is 0 Å². The van der Waals surface area contributed by atoms with Crippen molar-refractivity contribution < 1.29 is 9.31 Å². The predicted octanol–water partition coefficient (Wildman–Crippen LogP) is 0.106. The second kappa shape index (κ2) is 4.81. The Labute approximate surface area is 96.2 Å². The van der Waals surface area contributed by atoms with E-state index in [-0.39, 0.29) is 6.54 Å². The van der Waals surface area contributed by atoms with Crippen LogP contribution in [0.1, 0.15) is 5.56 Å². The van der Waals surface area contributed by atoms with E-state index in [1.54, 1.807) is 4.90 Å². The van der Waals surface area contributed by atoms with Gasteiger partial charge in [0.05, 0.1) is 6.54 Å². The van der Waals surface area contributed by atoms with E-state index >= 15 is 0 Å². The van der Waals surface area contributed by atoms with Gasteiger partial charge < -0.3 is 4.90 Å². The molecule has 8 heteroatoms. The fourth-order valence-corrected chi connectivity index (χ4v) is 1.61. The summed E-state index contributed by atoms with van der Waals surface area (Å²) in [6, 6.07) is 0. The summed E-state index contributed by atoms with van der Waals surface area (Å²) in [5.41, 5.74) is 0.698. The van der Waals surface area contributed by atoms with Crippen LogP contribution in [-0.2, 0) is 6.54 Å². The van der Waals surface area contributed by atoms with Crippen LogP contribution < -0.4 is 0 Å². The van der Waals surface area contributed by atoms with Crippen LogP contribution in [0.25, 0.3) is 0 Å². The zero-order valence-corrected chi connectivity index (χ0v) is 8.91. The third kappa shape index (κ3) is 2.92. The second-order valence-electron chi connectivity index (χ2n) is 3.57. The van der Waals surface area contributed by atoms with Gasteiger partial charge in [-0.3, -0.25) is 15.1 Å². The van der Waals surface area contributed by atoms with Crippen molar-refractivity contribution in [1.82, 2.24) is 14.9 Å². The van der Waals surface area contributed by atoms with Crippen molar-refractivity contribution in [3.63, 3.8) is 0 Å². The molecule has 0 aliphatic carbocycles. The minimum absolute atomic E-state index is 0.290. The SMILES string of the molecule is O=[N+]([O-])CC1=NCCN1Cc1cnc(F)nc1. The van der Waals surface area contributed by atoms with Crippen molar-refractivity contribution >= 4 is 5.84 Å². The number of nitrogens with zero attached hydrogens (tertiary/aromatic N) is 5. The molecule has 0 unspecified atom stereocenters. The summed E-state index contributed by atoms with van der Waals surface area (Å²) >= 11 is 0. The summed E-state index contributed by atoms with van der Waals surface area (Å²) in [7, 11) is 0. The van der Waals surface area contributed by atoms with Gasteiger partial charge >= 0.3 is 6.08 Å². The third-order valence-electron chi connectivity index (χ3n) is 2.35. The van der Waals surface area contributed by atoms with Crippen molar-refractivity contribution in [2.24, 2.45) is 4.99 Å². The van der Waals surface area contributed by atoms with Crippen molar-refractivity contribution in [3.8, 4) is 0 Å². The zero-order valence-electron chi connectivity index (χ0n) is 8.91. The van der Waals surface area contributed by atoms with Crippen LogP contribution in [0.3, 0.4) is 0 Å². The van der Waals surface area contributed by atoms with E-state index in [1.165, 1.54) is 12.4 Å². The topological polar surface area (TPSA) is 84.5 Å². The number of halogens is 1. The summed E-state index contributed by atoms with van der Waals surface area (Å²) in [6.07, 6.45) is 1.95. The fourth-order valence-electron chi connectivity index (χ4n) is 1.61. The van der Waals surface area contributed by atoms with E-state index in [1.807, 2.05) is 0 Å². The molecule has 17 heavy (non-hydrogen) atoms. The molecular formula is C9H10FN5O2. The van der Waals surface area contributed by atoms with Gasteiger partial charge in [-0.1, -0.05) is 0 Å². The standard InChI is InChI=1S/C9H10FN5O2/c10-9-12-3-7(4-13-9)5-14-2-1-11-8(14)6-15(16)17/h3-4H,1-2,5-6H2. The molecule has 90 valence electrons. The molecule has 2 heterocycles. The average Bonchev–Trinajstić information content (AvgIpc) is 2.68. The maximum Gasteiger partial charge on any atom is 0.308 e. The van der Waals surface area contributed by atoms with Gasteiger partial charge in [-0.25, -0.2) is 9.97 Å². The van der Waals surface area contributed by atoms with Gasteiger partial charge in [0.1, 0.15) is 0 Å². The molecule has 1 aliphatic rings. The molecule has 1 aliphatic heterocycles. The summed E-state index contributed by atoms with van der Waals surface area (Å²) < 4.78 is 12.5. The lowest BCUT2D eigenvalue weighted by Crippen LogP contribution is -2.32. The lowest BCUT2D eigenvalue weighted by Gasteiger charge is -2.17. The average molecular weight is 239 g/mol. The number of hydrogen-bond acceptors (Lipinski definition) is 6. The molecule has 0 saturated heterocycles. The first-order valence-corrected chi connectivity index (χ1v) is 5.01. The lowest BCUT2D eigenvalue weighted by molar-refractivity contribution is -0.464. The Kier molecular flexibility index (Phi) is 3.22. The summed E-state index contributed by atoms with van der Waals surface area (Å²) in [5.74, 6) is 0.444. The highest BCUT2D eigenvalue weighted by Gasteiger charge is 2.21. The Bertz CT molecular complexity index is 447. The molecule has 0 fully saturated rings. The molecule has 0 aromatic carbocycles. The maximum atomic E-state index is 12.5. The molecule has 0 saturated carbocycles. The number of amidine groups is 1. The molecule has 0 amide bonds. The van der Waals surface area contributed by atoms with Crippen molar-refractivity contribution in [1.29, 1.82) is 0 Å². The first-order valence-electron chi connectivity index (χ1n) is 5.01. The van der Waals surface area contributed by atoms with Crippen LogP contribution in [-0.4, -0.2) is 45.3 Å². The number of aromatic nitrogens is 2. The van der Waals surface area contributed by atoms with Crippen LogP contribution in [0.15, 0.2) is 17.4 Å². The fraction of sp³-hybridized carbons (Fsp3) is 0.444. The molecule has 7 nitrogen and oxygen atoms in total. The van der Waals surface area contributed by atoms with Gasteiger partial charge in [0.25, 0.3) is 6.54 Å². The van der Waals surface area contributed by atoms with E-state index in [4.69, 9.17) is 0 Å². The van der Waals surface area contributed by atoms with Gasteiger partial charge in [-0.05, 0) is 0 Å². The number of rotatable bonds is 4. The zero-order chi connectivity index (χ0) is 12.3. The second-order valence-corrected chi connectivity index (χ2v) is 3.57. The van der Waals surface area contributed by atoms with Gasteiger partial charge in [0.15, 0.2) is 5.84 Å². The van der Waals surface area contributed by atoms with Crippen molar-refractivity contribution in [2.45, 2.75) is 6.54 Å². The molecule has 1 aromatic heterocycles. The van der Waals surface area contributed by atoms with Gasteiger partial charge in [-0.15, -0.1) is 0 Å². The highest BCUT2D eigenvalue weighted by molar-refractivity contribution is 5.84. The third-order valence-corrected chi connectivity index (χ3v) is 2.35. The summed E-state index contributed by atoms with van der Waals surface area (Å²) in [6.45, 7) is 1.29. The minimum atomic E-state index is -0.783. The lowest BCUT2D eigenvalue weighted by atomic mass is 10.3. The van der Waals surface area contributed by atoms with Crippen molar-refractivity contribution in [2.75, 3.05) is 19.6 Å². The first-order chi connectivity index (χ1) is 8.15. The Morgan fingerprint density at radius 3 is 2.82 bits per heavy atom. The molecule has 0 radical (unpaired) electrons. The Balaban J connectivity index is 2.01. The smallest absolute Gasteiger partial charge is 0.308 e. The molecule has 0 N–H and O–H groups in total. The van der Waals surface area contributed by atoms with E-state index in [0.29, 0.717) is 31.0 Å². The number of hydrogen-bond donors (Lipinski definition) is 0. The number of nitro groups is 1. The highest BCUT2D eigenvalue weighted by Crippen LogP contribution is 2.08. The quantitative estimate of drug-likeness (QED) is 0.423. The van der Waals surface area contributed by atoms with E-state index in [2.05, 4.69) is 15.0 Å². The first kappa shape index (κ1) is 11.4. The molecule has 2 rings (SSSR count). The van der Waals surface area contributed by atoms with Gasteiger partial charge in [0, 0.05) is 36.0 Å². The van der Waals surface area contributed by atoms with Gasteiger partial charge in [-0.2, -0.15) is 4.39 Å². The molecular weight excluding hydrogens is 229 g/mol. The van der Waals surface area contributed by atoms with E-state index in [0.717, 1.165) is 0 Å². The molecule has 0 bridgehead atoms. The Morgan fingerprint density at radius 1 is 1.47 bits per heavy atom. The van der Waals surface area contributed by atoms with Crippen LogP contribution >= 0.6 is 0 Å². The van der Waals surface area contributed by atoms with Crippen LogP contribution in [0, 0.1) is 16.2 Å². The molecule has 1 aromatic rings. The monoisotopic (exact) mass is 239 g/mol. The minimum Gasteiger partial charge on any atom is -0.349 e. The highest BCUT2D eigenvalue weighted by atomic mass is 19.1. The largest absolute Gasteiger partial charge is 0.349 e. The number of aliphatic imine (C=N–C) groups is 1. The van der Waals surface area contributed by atoms with Crippen LogP contribution in [0.2, 0.25) is 0 Å². The van der Waals surface area contributed by atoms with Crippen molar-refractivity contribution in [3.05, 3.63) is 34.1 Å². The Hall–Kier alpha value is -2.12. The summed E-state index contributed by atoms with van der Waals surface area (Å²) in [4.78, 5) is 22.7. The maximum absolute atomic E-state index is 12.5. The Morgan fingerprint density at radius 2 is 2.18 bits per heavy atom. The molecule has 0 spiro atoms. The predicted molar refractivity (Wildman–Crippen MR) is 56.6 cm³/mol. The summed E-state index contributed by atoms with van der Waals surface area (Å²) in [5, 5.41) is 10.4. The normalized spacial score (nSPS) is 14.9.